The molecule has 8 heterocycles. The van der Waals surface area contributed by atoms with Crippen LogP contribution < -0.4 is 0 Å². The van der Waals surface area contributed by atoms with E-state index in [0.29, 0.717) is 17.5 Å². The molecule has 0 spiro atoms. The van der Waals surface area contributed by atoms with Crippen molar-refractivity contribution in [3.05, 3.63) is 469 Å². The van der Waals surface area contributed by atoms with Crippen LogP contribution in [0.1, 0.15) is 77.8 Å². The van der Waals surface area contributed by atoms with Crippen molar-refractivity contribution in [2.75, 3.05) is 0 Å². The Morgan fingerprint density at radius 1 is 0.188 bits per heavy atom. The van der Waals surface area contributed by atoms with Crippen LogP contribution in [-0.4, -0.2) is 48.1 Å². The number of hydrogen-bond donors (Lipinski definition) is 0. The van der Waals surface area contributed by atoms with E-state index in [9.17, 15) is 0 Å². The summed E-state index contributed by atoms with van der Waals surface area (Å²) in [4.78, 5) is 34.6. The lowest BCUT2D eigenvalue weighted by Crippen LogP contribution is -2.15. The van der Waals surface area contributed by atoms with E-state index in [1.807, 2.05) is 78.9 Å². The van der Waals surface area contributed by atoms with Gasteiger partial charge in [0.1, 0.15) is 16.9 Å². The van der Waals surface area contributed by atoms with E-state index in [1.165, 1.54) is 165 Å². The average molecular weight is 1770 g/mol. The van der Waals surface area contributed by atoms with Crippen LogP contribution in [0, 0.1) is 34.6 Å². The first-order valence-corrected chi connectivity index (χ1v) is 47.5. The van der Waals surface area contributed by atoms with Gasteiger partial charge < -0.3 is 0 Å². The molecule has 0 amide bonds. The van der Waals surface area contributed by atoms with Gasteiger partial charge in [-0.05, 0) is 213 Å². The Hall–Kier alpha value is -17.2. The Morgan fingerprint density at radius 3 is 1.06 bits per heavy atom. The molecule has 0 bridgehead atoms. The molecule has 10 nitrogen and oxygen atoms in total. The monoisotopic (exact) mass is 1770 g/mol. The second kappa shape index (κ2) is 33.8. The summed E-state index contributed by atoms with van der Waals surface area (Å²) in [6.07, 6.45) is 0. The number of aryl methyl sites for hydroxylation is 5. The Morgan fingerprint density at radius 2 is 0.536 bits per heavy atom. The molecule has 0 saturated heterocycles. The topological polar surface area (TPSA) is 103 Å². The zero-order valence-corrected chi connectivity index (χ0v) is 78.3. The van der Waals surface area contributed by atoms with E-state index in [1.54, 1.807) is 0 Å². The van der Waals surface area contributed by atoms with Crippen LogP contribution in [0.4, 0.5) is 0 Å². The zero-order chi connectivity index (χ0) is 93.2. The number of aromatic nitrogens is 10. The number of para-hydroxylation sites is 6. The quantitative estimate of drug-likeness (QED) is 0.153. The summed E-state index contributed by atoms with van der Waals surface area (Å²) >= 11 is 0. The van der Waals surface area contributed by atoms with Crippen LogP contribution in [-0.2, 0) is 10.8 Å². The molecule has 0 N–H and O–H groups in total. The molecule has 0 radical (unpaired) electrons. The molecule has 0 atom stereocenters. The molecule has 658 valence electrons. The van der Waals surface area contributed by atoms with Crippen LogP contribution in [0.25, 0.3) is 216 Å². The number of pyridine rings is 4. The number of benzene rings is 18. The summed E-state index contributed by atoms with van der Waals surface area (Å²) in [6, 6.07) is 148. The van der Waals surface area contributed by atoms with Crippen LogP contribution in [0.15, 0.2) is 419 Å². The highest BCUT2D eigenvalue weighted by Gasteiger charge is 2.38. The van der Waals surface area contributed by atoms with Crippen molar-refractivity contribution in [2.45, 2.75) is 73.1 Å². The van der Waals surface area contributed by atoms with Crippen molar-refractivity contribution in [1.82, 2.24) is 48.1 Å². The fourth-order valence-electron chi connectivity index (χ4n) is 21.2. The normalized spacial score (nSPS) is 12.6. The molecular formula is C128H96N10. The van der Waals surface area contributed by atoms with Gasteiger partial charge in [0.2, 0.25) is 0 Å². The molecule has 0 saturated carbocycles. The molecule has 8 aromatic heterocycles. The number of fused-ring (bicyclic) bond motifs is 32. The highest BCUT2D eigenvalue weighted by atomic mass is 15.0. The second-order valence-electron chi connectivity index (χ2n) is 37.9. The number of nitrogens with zero attached hydrogens (tertiary/aromatic N) is 10. The number of hydrogen-bond acceptors (Lipinski definition) is 7. The maximum absolute atomic E-state index is 5.14. The zero-order valence-electron chi connectivity index (χ0n) is 78.3. The SMILES string of the molecule is Cc1ccc2c(c1)C(C)(C)c1cc(-c3cc(-c4ccccc4)cc(-c4ccccc4)n3)ccc1-2.Cc1ccc2c(c1)C(C)(C)c1cc(-c3nc(-c4ccccc4)nc(-c4ccccc4)n3)ccc1-2.Cc1ccc2c(c1)c1ccccc1c1nc3ccccc3n21.Cc1ccc2c3ccc4ccccc4c3c3nc4ccccc4n3c2c1.Cc1ccc2c3ccccc3c3nc4ccccc4n3c2c1. The third kappa shape index (κ3) is 14.5. The summed E-state index contributed by atoms with van der Waals surface area (Å²) < 4.78 is 6.90. The Kier molecular flexibility index (Phi) is 20.5. The van der Waals surface area contributed by atoms with Crippen LogP contribution in [0.5, 0.6) is 0 Å². The van der Waals surface area contributed by atoms with Crippen LogP contribution >= 0.6 is 0 Å². The van der Waals surface area contributed by atoms with E-state index in [-0.39, 0.29) is 10.8 Å². The first-order chi connectivity index (χ1) is 67.5. The van der Waals surface area contributed by atoms with Crippen molar-refractivity contribution >= 4 is 126 Å². The predicted molar refractivity (Wildman–Crippen MR) is 576 cm³/mol. The summed E-state index contributed by atoms with van der Waals surface area (Å²) in [5, 5.41) is 13.8. The summed E-state index contributed by atoms with van der Waals surface area (Å²) in [5.74, 6) is 2.06. The molecule has 0 aliphatic heterocycles. The fourth-order valence-corrected chi connectivity index (χ4v) is 21.2. The minimum absolute atomic E-state index is 0.0357. The lowest BCUT2D eigenvalue weighted by Gasteiger charge is -2.22. The van der Waals surface area contributed by atoms with Crippen molar-refractivity contribution < 1.29 is 0 Å². The average Bonchev–Trinajstić information content (AvgIpc) is 1.76. The molecule has 26 aromatic rings. The fraction of sp³-hybridized carbons (Fsp3) is 0.0859. The number of rotatable bonds is 6. The van der Waals surface area contributed by atoms with Crippen molar-refractivity contribution in [3.8, 4) is 90.1 Å². The summed E-state index contributed by atoms with van der Waals surface area (Å²) in [7, 11) is 0. The van der Waals surface area contributed by atoms with Gasteiger partial charge in [-0.15, -0.1) is 0 Å². The van der Waals surface area contributed by atoms with E-state index in [0.717, 1.165) is 83.7 Å². The van der Waals surface area contributed by atoms with Crippen molar-refractivity contribution in [1.29, 1.82) is 0 Å². The van der Waals surface area contributed by atoms with Gasteiger partial charge >= 0.3 is 0 Å². The third-order valence-corrected chi connectivity index (χ3v) is 28.1. The lowest BCUT2D eigenvalue weighted by atomic mass is 9.81. The molecular weight excluding hydrogens is 1680 g/mol. The maximum Gasteiger partial charge on any atom is 0.164 e. The minimum atomic E-state index is -0.0791. The van der Waals surface area contributed by atoms with Gasteiger partial charge in [0.05, 0.1) is 61.0 Å². The predicted octanol–water partition coefficient (Wildman–Crippen LogP) is 32.6. The Bertz CT molecular complexity index is 9050. The van der Waals surface area contributed by atoms with Crippen LogP contribution in [0.3, 0.4) is 0 Å². The standard InChI is InChI=1S/C33H27N.C31H25N3.C24H16N2.2C20H14N2/c1-22-14-16-27-28-17-15-25(19-30(28)33(2,3)29(27)18-22)32-21-26(23-10-6-4-7-11-23)20-31(34-32)24-12-8-5-9-13-24;1-20-14-16-24-25-17-15-23(19-27(25)31(2,3)26(24)18-20)30-33-28(21-10-6-4-7-11-21)32-29(34-30)22-12-8-5-9-13-22;1-15-10-12-18-19-13-11-16-6-2-3-7-17(16)23(19)24-25-20-8-4-5-9-21(20)26(24)22(18)14-15;1-13-10-11-15-14-6-2-3-7-16(14)20-21-17-8-4-5-9-18(17)22(20)19(15)12-13;1-13-10-11-18-16(12-13)14-6-2-3-7-15(14)20-21-17-8-4-5-9-19(17)22(18)20/h4-21H,1-3H3;4-19H,1-3H3;2-14H,1H3;2*2-12H,1H3. The molecule has 18 aromatic carbocycles. The highest BCUT2D eigenvalue weighted by molar-refractivity contribution is 6.23. The third-order valence-electron chi connectivity index (χ3n) is 28.1. The van der Waals surface area contributed by atoms with Gasteiger partial charge in [-0.3, -0.25) is 13.2 Å². The van der Waals surface area contributed by atoms with E-state index in [2.05, 4.69) is 415 Å². The van der Waals surface area contributed by atoms with Gasteiger partial charge in [0.25, 0.3) is 0 Å². The molecule has 138 heavy (non-hydrogen) atoms. The van der Waals surface area contributed by atoms with Gasteiger partial charge in [-0.2, -0.15) is 0 Å². The molecule has 2 aliphatic carbocycles. The van der Waals surface area contributed by atoms with E-state index < -0.39 is 0 Å². The first kappa shape index (κ1) is 83.8. The van der Waals surface area contributed by atoms with Gasteiger partial charge in [0, 0.05) is 71.0 Å². The molecule has 0 unspecified atom stereocenters. The molecule has 2 aliphatic rings. The first-order valence-electron chi connectivity index (χ1n) is 47.5. The Labute approximate surface area is 800 Å². The molecule has 0 fully saturated rings. The summed E-state index contributed by atoms with van der Waals surface area (Å²) in [5.41, 5.74) is 40.1. The highest BCUT2D eigenvalue weighted by Crippen LogP contribution is 2.53. The Balaban J connectivity index is 0.0000000950. The second-order valence-corrected chi connectivity index (χ2v) is 37.9. The van der Waals surface area contributed by atoms with Gasteiger partial charge in [-0.1, -0.05) is 378 Å². The maximum atomic E-state index is 5.14. The molecule has 28 rings (SSSR count). The van der Waals surface area contributed by atoms with Crippen LogP contribution in [0.2, 0.25) is 0 Å². The number of imidazole rings is 3. The van der Waals surface area contributed by atoms with E-state index in [4.69, 9.17) is 34.9 Å². The van der Waals surface area contributed by atoms with Crippen molar-refractivity contribution in [3.63, 3.8) is 0 Å². The van der Waals surface area contributed by atoms with E-state index >= 15 is 0 Å². The van der Waals surface area contributed by atoms with Gasteiger partial charge in [-0.25, -0.2) is 34.9 Å². The smallest absolute Gasteiger partial charge is 0.164 e. The minimum Gasteiger partial charge on any atom is -0.292 e. The lowest BCUT2D eigenvalue weighted by molar-refractivity contribution is 0.660. The van der Waals surface area contributed by atoms with Crippen molar-refractivity contribution in [2.24, 2.45) is 0 Å². The molecule has 10 heteroatoms. The van der Waals surface area contributed by atoms with Gasteiger partial charge in [0.15, 0.2) is 17.5 Å². The largest absolute Gasteiger partial charge is 0.292 e. The summed E-state index contributed by atoms with van der Waals surface area (Å²) in [6.45, 7) is 20.0.